The topological polar surface area (TPSA) is 55.4 Å². The SMILES string of the molecule is Cc1ccc(CSC[C@@H](C=O)NC(=O)OC(C)(C)C)cc1. The van der Waals surface area contributed by atoms with E-state index in [2.05, 4.69) is 29.6 Å². The third-order valence-electron chi connectivity index (χ3n) is 2.55. The fourth-order valence-electron chi connectivity index (χ4n) is 1.56. The summed E-state index contributed by atoms with van der Waals surface area (Å²) in [4.78, 5) is 22.6. The minimum Gasteiger partial charge on any atom is -0.444 e. The number of ether oxygens (including phenoxy) is 1. The van der Waals surface area contributed by atoms with Crippen molar-refractivity contribution in [1.82, 2.24) is 5.32 Å². The molecule has 0 fully saturated rings. The Kier molecular flexibility index (Phi) is 6.75. The number of rotatable bonds is 6. The number of carbonyl (C=O) groups excluding carboxylic acids is 2. The van der Waals surface area contributed by atoms with E-state index in [0.717, 1.165) is 12.0 Å². The van der Waals surface area contributed by atoms with Crippen LogP contribution in [-0.4, -0.2) is 29.8 Å². The molecule has 1 aromatic rings. The summed E-state index contributed by atoms with van der Waals surface area (Å²) in [5.74, 6) is 1.33. The molecule has 0 saturated heterocycles. The molecule has 0 radical (unpaired) electrons. The van der Waals surface area contributed by atoms with Gasteiger partial charge in [0.2, 0.25) is 0 Å². The summed E-state index contributed by atoms with van der Waals surface area (Å²) in [6, 6.07) is 7.73. The van der Waals surface area contributed by atoms with Crippen LogP contribution in [0.15, 0.2) is 24.3 Å². The van der Waals surface area contributed by atoms with Gasteiger partial charge in [-0.3, -0.25) is 0 Å². The minimum absolute atomic E-state index is 0.524. The lowest BCUT2D eigenvalue weighted by molar-refractivity contribution is -0.109. The number of amides is 1. The third kappa shape index (κ3) is 7.75. The number of aryl methyl sites for hydroxylation is 1. The van der Waals surface area contributed by atoms with Crippen molar-refractivity contribution in [2.45, 2.75) is 45.1 Å². The smallest absolute Gasteiger partial charge is 0.408 e. The van der Waals surface area contributed by atoms with Crippen LogP contribution in [0.2, 0.25) is 0 Å². The largest absolute Gasteiger partial charge is 0.444 e. The molecular weight excluding hydrogens is 286 g/mol. The van der Waals surface area contributed by atoms with E-state index >= 15 is 0 Å². The Balaban J connectivity index is 2.35. The predicted molar refractivity (Wildman–Crippen MR) is 86.6 cm³/mol. The van der Waals surface area contributed by atoms with Crippen LogP contribution in [0.3, 0.4) is 0 Å². The zero-order valence-corrected chi connectivity index (χ0v) is 13.8. The zero-order valence-electron chi connectivity index (χ0n) is 13.0. The summed E-state index contributed by atoms with van der Waals surface area (Å²) < 4.78 is 5.13. The number of benzene rings is 1. The molecule has 0 bridgehead atoms. The van der Waals surface area contributed by atoms with Gasteiger partial charge in [0.25, 0.3) is 0 Å². The van der Waals surface area contributed by atoms with Gasteiger partial charge in [-0.25, -0.2) is 4.79 Å². The molecule has 0 saturated carbocycles. The average Bonchev–Trinajstić information content (AvgIpc) is 2.37. The van der Waals surface area contributed by atoms with Crippen molar-refractivity contribution >= 4 is 24.1 Å². The van der Waals surface area contributed by atoms with E-state index in [4.69, 9.17) is 4.74 Å². The summed E-state index contributed by atoms with van der Waals surface area (Å²) in [5, 5.41) is 2.57. The normalized spacial score (nSPS) is 12.6. The third-order valence-corrected chi connectivity index (χ3v) is 3.69. The number of alkyl carbamates (subject to hydrolysis) is 1. The van der Waals surface area contributed by atoms with Crippen LogP contribution in [0, 0.1) is 6.92 Å². The summed E-state index contributed by atoms with van der Waals surface area (Å²) in [7, 11) is 0. The standard InChI is InChI=1S/C16H23NO3S/c1-12-5-7-13(8-6-12)10-21-11-14(9-18)17-15(19)20-16(2,3)4/h5-9,14H,10-11H2,1-4H3,(H,17,19)/t14-/m1/s1. The molecule has 1 aromatic carbocycles. The molecule has 0 heterocycles. The first kappa shape index (κ1) is 17.6. The molecule has 1 amide bonds. The van der Waals surface area contributed by atoms with Crippen LogP contribution in [0.1, 0.15) is 31.9 Å². The maximum atomic E-state index is 11.6. The lowest BCUT2D eigenvalue weighted by Gasteiger charge is -2.21. The first-order chi connectivity index (χ1) is 9.80. The highest BCUT2D eigenvalue weighted by atomic mass is 32.2. The van der Waals surface area contributed by atoms with Gasteiger partial charge in [-0.1, -0.05) is 29.8 Å². The number of carbonyl (C=O) groups is 2. The van der Waals surface area contributed by atoms with E-state index in [0.29, 0.717) is 5.75 Å². The highest BCUT2D eigenvalue weighted by Crippen LogP contribution is 2.14. The van der Waals surface area contributed by atoms with Gasteiger partial charge in [-0.15, -0.1) is 0 Å². The number of nitrogens with one attached hydrogen (secondary N) is 1. The minimum atomic E-state index is -0.563. The maximum absolute atomic E-state index is 11.6. The van der Waals surface area contributed by atoms with E-state index in [1.807, 2.05) is 6.92 Å². The molecule has 0 aliphatic rings. The van der Waals surface area contributed by atoms with Crippen LogP contribution in [-0.2, 0) is 15.3 Å². The molecule has 21 heavy (non-hydrogen) atoms. The van der Waals surface area contributed by atoms with Gasteiger partial charge < -0.3 is 14.8 Å². The second-order valence-corrected chi connectivity index (χ2v) is 6.92. The monoisotopic (exact) mass is 309 g/mol. The lowest BCUT2D eigenvalue weighted by atomic mass is 10.2. The van der Waals surface area contributed by atoms with E-state index in [1.54, 1.807) is 32.5 Å². The second-order valence-electron chi connectivity index (χ2n) is 5.89. The first-order valence-corrected chi connectivity index (χ1v) is 8.04. The van der Waals surface area contributed by atoms with Crippen LogP contribution in [0.5, 0.6) is 0 Å². The van der Waals surface area contributed by atoms with Gasteiger partial charge in [0.15, 0.2) is 0 Å². The highest BCUT2D eigenvalue weighted by Gasteiger charge is 2.19. The van der Waals surface area contributed by atoms with Crippen molar-refractivity contribution in [3.63, 3.8) is 0 Å². The van der Waals surface area contributed by atoms with Gasteiger partial charge in [0.1, 0.15) is 11.9 Å². The summed E-state index contributed by atoms with van der Waals surface area (Å²) in [6.07, 6.45) is 0.182. The summed E-state index contributed by atoms with van der Waals surface area (Å²) in [6.45, 7) is 7.40. The molecule has 1 atom stereocenters. The fourth-order valence-corrected chi connectivity index (χ4v) is 2.52. The van der Waals surface area contributed by atoms with Crippen molar-refractivity contribution in [2.24, 2.45) is 0 Å². The number of hydrogen-bond acceptors (Lipinski definition) is 4. The van der Waals surface area contributed by atoms with E-state index in [1.165, 1.54) is 11.1 Å². The Morgan fingerprint density at radius 1 is 1.33 bits per heavy atom. The van der Waals surface area contributed by atoms with Gasteiger partial charge >= 0.3 is 6.09 Å². The maximum Gasteiger partial charge on any atom is 0.408 e. The summed E-state index contributed by atoms with van der Waals surface area (Å²) >= 11 is 1.60. The number of hydrogen-bond donors (Lipinski definition) is 1. The Bertz CT molecular complexity index is 465. The Morgan fingerprint density at radius 2 is 1.95 bits per heavy atom. The molecule has 4 nitrogen and oxygen atoms in total. The van der Waals surface area contributed by atoms with Crippen molar-refractivity contribution in [3.05, 3.63) is 35.4 Å². The molecule has 1 N–H and O–H groups in total. The van der Waals surface area contributed by atoms with E-state index in [9.17, 15) is 9.59 Å². The fraction of sp³-hybridized carbons (Fsp3) is 0.500. The van der Waals surface area contributed by atoms with Crippen molar-refractivity contribution in [3.8, 4) is 0 Å². The van der Waals surface area contributed by atoms with Crippen LogP contribution >= 0.6 is 11.8 Å². The molecule has 116 valence electrons. The van der Waals surface area contributed by atoms with Crippen LogP contribution < -0.4 is 5.32 Å². The van der Waals surface area contributed by atoms with E-state index < -0.39 is 17.7 Å². The van der Waals surface area contributed by atoms with Gasteiger partial charge in [-0.2, -0.15) is 11.8 Å². The second kappa shape index (κ2) is 8.08. The molecular formula is C16H23NO3S. The van der Waals surface area contributed by atoms with Gasteiger partial charge in [0, 0.05) is 11.5 Å². The van der Waals surface area contributed by atoms with Gasteiger partial charge in [0.05, 0.1) is 6.04 Å². The van der Waals surface area contributed by atoms with Crippen molar-refractivity contribution < 1.29 is 14.3 Å². The quantitative estimate of drug-likeness (QED) is 0.819. The Labute approximate surface area is 130 Å². The molecule has 0 aliphatic heterocycles. The molecule has 0 aliphatic carbocycles. The van der Waals surface area contributed by atoms with E-state index in [-0.39, 0.29) is 0 Å². The molecule has 1 rings (SSSR count). The van der Waals surface area contributed by atoms with Crippen LogP contribution in [0.25, 0.3) is 0 Å². The Hall–Kier alpha value is -1.49. The molecule has 5 heteroatoms. The molecule has 0 spiro atoms. The number of thioether (sulfide) groups is 1. The first-order valence-electron chi connectivity index (χ1n) is 6.88. The van der Waals surface area contributed by atoms with Crippen molar-refractivity contribution in [2.75, 3.05) is 5.75 Å². The average molecular weight is 309 g/mol. The molecule has 0 aromatic heterocycles. The predicted octanol–water partition coefficient (Wildman–Crippen LogP) is 3.32. The lowest BCUT2D eigenvalue weighted by Crippen LogP contribution is -2.41. The highest BCUT2D eigenvalue weighted by molar-refractivity contribution is 7.98. The number of aldehydes is 1. The summed E-state index contributed by atoms with van der Waals surface area (Å²) in [5.41, 5.74) is 1.86. The van der Waals surface area contributed by atoms with Gasteiger partial charge in [-0.05, 0) is 33.3 Å². The molecule has 0 unspecified atom stereocenters. The Morgan fingerprint density at radius 3 is 2.48 bits per heavy atom. The zero-order chi connectivity index (χ0) is 15.9. The van der Waals surface area contributed by atoms with Crippen molar-refractivity contribution in [1.29, 1.82) is 0 Å². The van der Waals surface area contributed by atoms with Crippen LogP contribution in [0.4, 0.5) is 4.79 Å².